The van der Waals surface area contributed by atoms with Crippen LogP contribution in [0.15, 0.2) is 0 Å². The van der Waals surface area contributed by atoms with Crippen LogP contribution in [0.5, 0.6) is 0 Å². The van der Waals surface area contributed by atoms with Crippen molar-refractivity contribution in [3.8, 4) is 0 Å². The normalized spacial score (nSPS) is 25.0. The number of nitrogens with zero attached hydrogens (tertiary/aromatic N) is 1. The highest BCUT2D eigenvalue weighted by Crippen LogP contribution is 2.19. The molecule has 0 aliphatic carbocycles. The van der Waals surface area contributed by atoms with Gasteiger partial charge in [0.15, 0.2) is 0 Å². The topological polar surface area (TPSA) is 32.3 Å². The van der Waals surface area contributed by atoms with E-state index < -0.39 is 0 Å². The summed E-state index contributed by atoms with van der Waals surface area (Å²) in [6.45, 7) is 10.5. The zero-order valence-corrected chi connectivity index (χ0v) is 11.8. The molecule has 1 aliphatic rings. The van der Waals surface area contributed by atoms with Gasteiger partial charge in [0.05, 0.1) is 0 Å². The minimum Gasteiger partial charge on any atom is -0.340 e. The van der Waals surface area contributed by atoms with Crippen LogP contribution in [0.4, 0.5) is 0 Å². The minimum atomic E-state index is 0.313. The molecule has 0 aromatic heterocycles. The molecular weight excluding hydrogens is 212 g/mol. The van der Waals surface area contributed by atoms with E-state index in [2.05, 4.69) is 33.0 Å². The lowest BCUT2D eigenvalue weighted by Crippen LogP contribution is -2.46. The number of nitrogens with one attached hydrogen (secondary N) is 1. The molecule has 3 heteroatoms. The Kier molecular flexibility index (Phi) is 5.96. The van der Waals surface area contributed by atoms with Gasteiger partial charge in [0, 0.05) is 25.0 Å². The fourth-order valence-corrected chi connectivity index (χ4v) is 2.60. The van der Waals surface area contributed by atoms with Crippen molar-refractivity contribution in [1.29, 1.82) is 0 Å². The molecule has 1 aliphatic heterocycles. The summed E-state index contributed by atoms with van der Waals surface area (Å²) in [6, 6.07) is 0.704. The highest BCUT2D eigenvalue weighted by Gasteiger charge is 2.26. The second-order valence-corrected chi connectivity index (χ2v) is 5.57. The summed E-state index contributed by atoms with van der Waals surface area (Å²) in [4.78, 5) is 14.3. The first-order valence-corrected chi connectivity index (χ1v) is 7.09. The van der Waals surface area contributed by atoms with Crippen molar-refractivity contribution < 1.29 is 4.79 Å². The van der Waals surface area contributed by atoms with Gasteiger partial charge in [-0.15, -0.1) is 0 Å². The van der Waals surface area contributed by atoms with E-state index in [1.54, 1.807) is 0 Å². The minimum absolute atomic E-state index is 0.313. The van der Waals surface area contributed by atoms with Crippen LogP contribution in [-0.2, 0) is 4.79 Å². The molecule has 0 radical (unpaired) electrons. The average Bonchev–Trinajstić information content (AvgIpc) is 2.28. The Morgan fingerprint density at radius 1 is 1.47 bits per heavy atom. The van der Waals surface area contributed by atoms with Crippen molar-refractivity contribution in [2.75, 3.05) is 13.1 Å². The van der Waals surface area contributed by atoms with Crippen molar-refractivity contribution in [2.45, 2.75) is 65.5 Å². The number of amides is 1. The quantitative estimate of drug-likeness (QED) is 0.800. The van der Waals surface area contributed by atoms with E-state index in [1.165, 1.54) is 12.8 Å². The van der Waals surface area contributed by atoms with Gasteiger partial charge in [0.2, 0.25) is 5.91 Å². The molecule has 1 rings (SSSR count). The molecule has 1 amide bonds. The van der Waals surface area contributed by atoms with Crippen LogP contribution in [0.25, 0.3) is 0 Å². The van der Waals surface area contributed by atoms with Gasteiger partial charge >= 0.3 is 0 Å². The molecule has 100 valence electrons. The fourth-order valence-electron chi connectivity index (χ4n) is 2.60. The highest BCUT2D eigenvalue weighted by atomic mass is 16.2. The number of carbonyl (C=O) groups is 1. The molecule has 3 nitrogen and oxygen atoms in total. The maximum absolute atomic E-state index is 12.3. The average molecular weight is 240 g/mol. The molecule has 0 aromatic carbocycles. The molecule has 1 saturated heterocycles. The Hall–Kier alpha value is -0.570. The Morgan fingerprint density at radius 2 is 2.18 bits per heavy atom. The highest BCUT2D eigenvalue weighted by molar-refractivity contribution is 5.77. The third-order valence-electron chi connectivity index (χ3n) is 3.73. The Balaban J connectivity index is 2.50. The maximum atomic E-state index is 12.3. The summed E-state index contributed by atoms with van der Waals surface area (Å²) >= 11 is 0. The van der Waals surface area contributed by atoms with Gasteiger partial charge in [-0.25, -0.2) is 0 Å². The molecule has 1 N–H and O–H groups in total. The predicted molar refractivity (Wildman–Crippen MR) is 71.9 cm³/mol. The van der Waals surface area contributed by atoms with Crippen molar-refractivity contribution in [3.63, 3.8) is 0 Å². The first kappa shape index (κ1) is 14.5. The van der Waals surface area contributed by atoms with E-state index in [1.807, 2.05) is 4.90 Å². The van der Waals surface area contributed by atoms with E-state index in [4.69, 9.17) is 0 Å². The van der Waals surface area contributed by atoms with Crippen LogP contribution in [0.1, 0.15) is 53.4 Å². The third kappa shape index (κ3) is 4.30. The zero-order chi connectivity index (χ0) is 12.8. The molecule has 0 bridgehead atoms. The van der Waals surface area contributed by atoms with Crippen molar-refractivity contribution >= 4 is 5.91 Å². The van der Waals surface area contributed by atoms with Gasteiger partial charge in [-0.3, -0.25) is 4.79 Å². The summed E-state index contributed by atoms with van der Waals surface area (Å²) in [7, 11) is 0. The molecular formula is C14H28N2O. The molecule has 2 unspecified atom stereocenters. The molecule has 1 fully saturated rings. The van der Waals surface area contributed by atoms with Crippen LogP contribution in [0.3, 0.4) is 0 Å². The number of carbonyl (C=O) groups excluding carboxylic acids is 1. The van der Waals surface area contributed by atoms with Crippen LogP contribution < -0.4 is 5.32 Å². The van der Waals surface area contributed by atoms with Crippen LogP contribution >= 0.6 is 0 Å². The number of piperidine rings is 1. The predicted octanol–water partition coefficient (Wildman–Crippen LogP) is 2.41. The van der Waals surface area contributed by atoms with E-state index in [0.29, 0.717) is 30.3 Å². The lowest BCUT2D eigenvalue weighted by Gasteiger charge is -2.33. The number of hydrogen-bond donors (Lipinski definition) is 1. The Bertz CT molecular complexity index is 240. The summed E-state index contributed by atoms with van der Waals surface area (Å²) in [5.41, 5.74) is 0. The third-order valence-corrected chi connectivity index (χ3v) is 3.73. The van der Waals surface area contributed by atoms with Gasteiger partial charge < -0.3 is 10.2 Å². The van der Waals surface area contributed by atoms with Crippen molar-refractivity contribution in [1.82, 2.24) is 10.2 Å². The molecule has 2 atom stereocenters. The summed E-state index contributed by atoms with van der Waals surface area (Å²) in [5, 5.41) is 3.49. The Morgan fingerprint density at radius 3 is 2.71 bits per heavy atom. The first-order chi connectivity index (χ1) is 8.06. The van der Waals surface area contributed by atoms with E-state index >= 15 is 0 Å². The molecule has 17 heavy (non-hydrogen) atoms. The monoisotopic (exact) mass is 240 g/mol. The van der Waals surface area contributed by atoms with Gasteiger partial charge in [0.1, 0.15) is 0 Å². The molecule has 0 aromatic rings. The van der Waals surface area contributed by atoms with Crippen LogP contribution in [0.2, 0.25) is 0 Å². The number of hydrogen-bond acceptors (Lipinski definition) is 2. The lowest BCUT2D eigenvalue weighted by atomic mass is 9.90. The van der Waals surface area contributed by atoms with Crippen molar-refractivity contribution in [3.05, 3.63) is 0 Å². The van der Waals surface area contributed by atoms with E-state index in [-0.39, 0.29) is 0 Å². The van der Waals surface area contributed by atoms with Gasteiger partial charge in [-0.1, -0.05) is 13.8 Å². The van der Waals surface area contributed by atoms with Crippen molar-refractivity contribution in [2.24, 2.45) is 5.92 Å². The first-order valence-electron chi connectivity index (χ1n) is 7.09. The Labute approximate surface area is 106 Å². The van der Waals surface area contributed by atoms with Gasteiger partial charge in [-0.05, 0) is 45.6 Å². The van der Waals surface area contributed by atoms with E-state index in [0.717, 1.165) is 19.5 Å². The molecule has 0 spiro atoms. The van der Waals surface area contributed by atoms with Gasteiger partial charge in [0.25, 0.3) is 0 Å². The zero-order valence-electron chi connectivity index (χ0n) is 11.8. The van der Waals surface area contributed by atoms with Gasteiger partial charge in [-0.2, -0.15) is 0 Å². The summed E-state index contributed by atoms with van der Waals surface area (Å²) in [6.07, 6.45) is 4.20. The lowest BCUT2D eigenvalue weighted by molar-refractivity contribution is -0.133. The summed E-state index contributed by atoms with van der Waals surface area (Å²) < 4.78 is 0. The maximum Gasteiger partial charge on any atom is 0.224 e. The smallest absolute Gasteiger partial charge is 0.224 e. The second kappa shape index (κ2) is 7.00. The SMILES string of the molecule is CCCN(C(=O)CC1NCCCC1C)C(C)C. The molecule has 0 saturated carbocycles. The van der Waals surface area contributed by atoms with Crippen LogP contribution in [-0.4, -0.2) is 36.0 Å². The molecule has 1 heterocycles. The van der Waals surface area contributed by atoms with Crippen LogP contribution in [0, 0.1) is 5.92 Å². The summed E-state index contributed by atoms with van der Waals surface area (Å²) in [5.74, 6) is 0.941. The van der Waals surface area contributed by atoms with E-state index in [9.17, 15) is 4.79 Å². The standard InChI is InChI=1S/C14H28N2O/c1-5-9-16(11(2)3)14(17)10-13-12(4)7-6-8-15-13/h11-13,15H,5-10H2,1-4H3. The number of rotatable bonds is 5. The largest absolute Gasteiger partial charge is 0.340 e. The fraction of sp³-hybridized carbons (Fsp3) is 0.929. The second-order valence-electron chi connectivity index (χ2n) is 5.57.